The quantitative estimate of drug-likeness (QED) is 0.654. The molecular formula is C21H17N3O4S. The molecule has 0 radical (unpaired) electrons. The summed E-state index contributed by atoms with van der Waals surface area (Å²) in [4.78, 5) is 43.3. The van der Waals surface area contributed by atoms with Crippen molar-refractivity contribution in [2.75, 3.05) is 12.4 Å². The Morgan fingerprint density at radius 3 is 2.48 bits per heavy atom. The van der Waals surface area contributed by atoms with Gasteiger partial charge in [-0.3, -0.25) is 24.6 Å². The molecule has 2 heterocycles. The summed E-state index contributed by atoms with van der Waals surface area (Å²) in [5.41, 5.74) is 2.44. The number of thiazole rings is 1. The van der Waals surface area contributed by atoms with Crippen molar-refractivity contribution in [3.05, 3.63) is 75.8 Å². The number of anilines is 1. The number of nitrogens with one attached hydrogen (secondary N) is 1. The smallest absolute Gasteiger partial charge is 0.261 e. The minimum Gasteiger partial charge on any atom is -0.497 e. The third-order valence-corrected chi connectivity index (χ3v) is 5.45. The first-order valence-electron chi connectivity index (χ1n) is 8.83. The van der Waals surface area contributed by atoms with Crippen LogP contribution in [-0.4, -0.2) is 34.7 Å². The van der Waals surface area contributed by atoms with E-state index in [0.717, 1.165) is 11.3 Å². The van der Waals surface area contributed by atoms with Gasteiger partial charge in [0.05, 0.1) is 30.5 Å². The number of imide groups is 1. The minimum absolute atomic E-state index is 0.149. The molecule has 3 amide bonds. The normalized spacial score (nSPS) is 12.8. The third kappa shape index (κ3) is 3.62. The number of ether oxygens (including phenoxy) is 1. The molecular weight excluding hydrogens is 390 g/mol. The molecule has 0 unspecified atom stereocenters. The fourth-order valence-electron chi connectivity index (χ4n) is 3.07. The molecule has 1 aliphatic heterocycles. The molecule has 0 spiro atoms. The molecule has 3 aromatic rings. The lowest BCUT2D eigenvalue weighted by Gasteiger charge is -2.14. The van der Waals surface area contributed by atoms with E-state index in [1.807, 2.05) is 12.3 Å². The molecule has 7 nitrogen and oxygen atoms in total. The average molecular weight is 407 g/mol. The molecule has 146 valence electrons. The summed E-state index contributed by atoms with van der Waals surface area (Å²) < 4.78 is 5.12. The van der Waals surface area contributed by atoms with Crippen LogP contribution < -0.4 is 10.1 Å². The van der Waals surface area contributed by atoms with E-state index in [1.165, 1.54) is 34.4 Å². The number of hydrogen-bond acceptors (Lipinski definition) is 6. The Bertz CT molecular complexity index is 1120. The zero-order valence-electron chi connectivity index (χ0n) is 15.8. The lowest BCUT2D eigenvalue weighted by molar-refractivity contribution is 0.0642. The summed E-state index contributed by atoms with van der Waals surface area (Å²) in [6, 6.07) is 11.7. The molecule has 0 saturated heterocycles. The Hall–Kier alpha value is -3.52. The number of amides is 3. The van der Waals surface area contributed by atoms with E-state index in [4.69, 9.17) is 4.74 Å². The van der Waals surface area contributed by atoms with Gasteiger partial charge in [-0.25, -0.2) is 4.98 Å². The number of aromatic nitrogens is 1. The van der Waals surface area contributed by atoms with Crippen molar-refractivity contribution >= 4 is 34.2 Å². The Morgan fingerprint density at radius 1 is 1.10 bits per heavy atom. The predicted molar refractivity (Wildman–Crippen MR) is 108 cm³/mol. The van der Waals surface area contributed by atoms with Crippen LogP contribution in [0.1, 0.15) is 42.3 Å². The van der Waals surface area contributed by atoms with Crippen LogP contribution in [0.4, 0.5) is 5.13 Å². The molecule has 1 aromatic heterocycles. The fraction of sp³-hybridized carbons (Fsp3) is 0.143. The van der Waals surface area contributed by atoms with E-state index in [2.05, 4.69) is 10.3 Å². The Kier molecular flexibility index (Phi) is 4.85. The van der Waals surface area contributed by atoms with E-state index < -0.39 is 5.91 Å². The predicted octanol–water partition coefficient (Wildman–Crippen LogP) is 3.51. The molecule has 1 N–H and O–H groups in total. The lowest BCUT2D eigenvalue weighted by Crippen LogP contribution is -2.29. The van der Waals surface area contributed by atoms with Crippen molar-refractivity contribution in [3.63, 3.8) is 0 Å². The standard InChI is InChI=1S/C21H17N3O4S/c1-12-11-29-21(22-12)23-18(25)14-5-8-16-17(9-14)20(27)24(19(16)26)10-13-3-6-15(28-2)7-4-13/h3-9,11H,10H2,1-2H3,(H,22,23,25). The van der Waals surface area contributed by atoms with Gasteiger partial charge in [0.2, 0.25) is 0 Å². The first kappa shape index (κ1) is 18.8. The van der Waals surface area contributed by atoms with Crippen molar-refractivity contribution in [3.8, 4) is 5.75 Å². The zero-order valence-corrected chi connectivity index (χ0v) is 16.6. The number of methoxy groups -OCH3 is 1. The Balaban J connectivity index is 1.54. The molecule has 0 aliphatic carbocycles. The van der Waals surface area contributed by atoms with Crippen LogP contribution in [0.25, 0.3) is 0 Å². The lowest BCUT2D eigenvalue weighted by atomic mass is 10.1. The highest BCUT2D eigenvalue weighted by molar-refractivity contribution is 7.13. The number of carbonyl (C=O) groups excluding carboxylic acids is 3. The Morgan fingerprint density at radius 2 is 1.83 bits per heavy atom. The summed E-state index contributed by atoms with van der Waals surface area (Å²) >= 11 is 1.32. The van der Waals surface area contributed by atoms with E-state index in [1.54, 1.807) is 31.4 Å². The average Bonchev–Trinajstić information content (AvgIpc) is 3.24. The summed E-state index contributed by atoms with van der Waals surface area (Å²) in [6.07, 6.45) is 0. The van der Waals surface area contributed by atoms with Crippen LogP contribution in [0.3, 0.4) is 0 Å². The van der Waals surface area contributed by atoms with Gasteiger partial charge in [-0.1, -0.05) is 12.1 Å². The van der Waals surface area contributed by atoms with Gasteiger partial charge in [0, 0.05) is 10.9 Å². The number of hydrogen-bond donors (Lipinski definition) is 1. The molecule has 29 heavy (non-hydrogen) atoms. The molecule has 4 rings (SSSR count). The molecule has 8 heteroatoms. The van der Waals surface area contributed by atoms with Gasteiger partial charge in [-0.2, -0.15) is 0 Å². The van der Waals surface area contributed by atoms with Gasteiger partial charge in [-0.15, -0.1) is 11.3 Å². The largest absolute Gasteiger partial charge is 0.497 e. The Labute approximate surface area is 170 Å². The first-order chi connectivity index (χ1) is 14.0. The third-order valence-electron chi connectivity index (χ3n) is 4.57. The summed E-state index contributed by atoms with van der Waals surface area (Å²) in [6.45, 7) is 1.99. The highest BCUT2D eigenvalue weighted by Gasteiger charge is 2.36. The van der Waals surface area contributed by atoms with E-state index in [-0.39, 0.29) is 23.9 Å². The van der Waals surface area contributed by atoms with Gasteiger partial charge in [-0.05, 0) is 42.8 Å². The van der Waals surface area contributed by atoms with Crippen LogP contribution in [-0.2, 0) is 6.54 Å². The maximum atomic E-state index is 12.8. The van der Waals surface area contributed by atoms with Crippen LogP contribution in [0.15, 0.2) is 47.8 Å². The molecule has 1 aliphatic rings. The van der Waals surface area contributed by atoms with Gasteiger partial charge >= 0.3 is 0 Å². The molecule has 0 bridgehead atoms. The second-order valence-electron chi connectivity index (χ2n) is 6.55. The van der Waals surface area contributed by atoms with Crippen molar-refractivity contribution < 1.29 is 19.1 Å². The molecule has 0 atom stereocenters. The number of nitrogens with zero attached hydrogens (tertiary/aromatic N) is 2. The van der Waals surface area contributed by atoms with Crippen LogP contribution in [0.2, 0.25) is 0 Å². The van der Waals surface area contributed by atoms with Crippen LogP contribution in [0.5, 0.6) is 5.75 Å². The van der Waals surface area contributed by atoms with Crippen LogP contribution >= 0.6 is 11.3 Å². The zero-order chi connectivity index (χ0) is 20.5. The van der Waals surface area contributed by atoms with E-state index in [0.29, 0.717) is 22.0 Å². The first-order valence-corrected chi connectivity index (χ1v) is 9.71. The van der Waals surface area contributed by atoms with Crippen LogP contribution in [0, 0.1) is 6.92 Å². The number of aryl methyl sites for hydroxylation is 1. The van der Waals surface area contributed by atoms with Crippen molar-refractivity contribution in [1.82, 2.24) is 9.88 Å². The van der Waals surface area contributed by atoms with Crippen molar-refractivity contribution in [1.29, 1.82) is 0 Å². The van der Waals surface area contributed by atoms with Crippen molar-refractivity contribution in [2.45, 2.75) is 13.5 Å². The highest BCUT2D eigenvalue weighted by atomic mass is 32.1. The number of rotatable bonds is 5. The maximum Gasteiger partial charge on any atom is 0.261 e. The van der Waals surface area contributed by atoms with Crippen molar-refractivity contribution in [2.24, 2.45) is 0 Å². The van der Waals surface area contributed by atoms with E-state index >= 15 is 0 Å². The minimum atomic E-state index is -0.416. The maximum absolute atomic E-state index is 12.8. The van der Waals surface area contributed by atoms with Gasteiger partial charge in [0.25, 0.3) is 17.7 Å². The second-order valence-corrected chi connectivity index (χ2v) is 7.41. The SMILES string of the molecule is COc1ccc(CN2C(=O)c3ccc(C(=O)Nc4nc(C)cs4)cc3C2=O)cc1. The number of fused-ring (bicyclic) bond motifs is 1. The number of carbonyl (C=O) groups is 3. The molecule has 2 aromatic carbocycles. The van der Waals surface area contributed by atoms with Gasteiger partial charge in [0.15, 0.2) is 5.13 Å². The molecule has 0 fully saturated rings. The topological polar surface area (TPSA) is 88.6 Å². The second kappa shape index (κ2) is 7.48. The summed E-state index contributed by atoms with van der Waals surface area (Å²) in [5.74, 6) is -0.470. The van der Waals surface area contributed by atoms with Gasteiger partial charge in [0.1, 0.15) is 5.75 Å². The molecule has 0 saturated carbocycles. The monoisotopic (exact) mass is 407 g/mol. The highest BCUT2D eigenvalue weighted by Crippen LogP contribution is 2.26. The summed E-state index contributed by atoms with van der Waals surface area (Å²) in [5, 5.41) is 5.02. The van der Waals surface area contributed by atoms with Gasteiger partial charge < -0.3 is 4.74 Å². The fourth-order valence-corrected chi connectivity index (χ4v) is 3.75. The van der Waals surface area contributed by atoms with E-state index in [9.17, 15) is 14.4 Å². The summed E-state index contributed by atoms with van der Waals surface area (Å²) in [7, 11) is 1.57. The number of benzene rings is 2.